The first-order valence-electron chi connectivity index (χ1n) is 6.45. The number of carbonyl (C=O) groups excluding carboxylic acids is 1. The molecule has 0 aliphatic carbocycles. The quantitative estimate of drug-likeness (QED) is 0.884. The molecule has 0 aromatic heterocycles. The van der Waals surface area contributed by atoms with Gasteiger partial charge in [0.05, 0.1) is 6.42 Å². The second-order valence-electron chi connectivity index (χ2n) is 4.49. The minimum absolute atomic E-state index is 0.00732. The first kappa shape index (κ1) is 14.6. The smallest absolute Gasteiger partial charge is 0.305 e. The van der Waals surface area contributed by atoms with Gasteiger partial charge in [-0.2, -0.15) is 0 Å². The Bertz CT molecular complexity index is 640. The van der Waals surface area contributed by atoms with Gasteiger partial charge < -0.3 is 15.1 Å². The van der Waals surface area contributed by atoms with E-state index in [1.54, 1.807) is 36.4 Å². The first-order chi connectivity index (χ1) is 10.1. The Hall–Kier alpha value is -2.82. The summed E-state index contributed by atoms with van der Waals surface area (Å²) in [5, 5.41) is 18.3. The van der Waals surface area contributed by atoms with Crippen LogP contribution in [0.15, 0.2) is 54.6 Å². The average molecular weight is 285 g/mol. The Labute approximate surface area is 122 Å². The van der Waals surface area contributed by atoms with Crippen molar-refractivity contribution in [3.8, 4) is 5.75 Å². The van der Waals surface area contributed by atoms with Gasteiger partial charge in [0, 0.05) is 17.8 Å². The summed E-state index contributed by atoms with van der Waals surface area (Å²) in [6, 6.07) is 14.8. The lowest BCUT2D eigenvalue weighted by Crippen LogP contribution is -2.33. The fraction of sp³-hybridized carbons (Fsp3) is 0.125. The summed E-state index contributed by atoms with van der Waals surface area (Å²) in [7, 11) is 0. The standard InChI is InChI=1S/C16H15NO4/c18-14-8-4-5-12(11-14)16(21)17(10-9-15(19)20)13-6-2-1-3-7-13/h1-8,11,18H,9-10H2,(H,19,20). The van der Waals surface area contributed by atoms with Gasteiger partial charge in [-0.05, 0) is 30.3 Å². The molecule has 2 aromatic rings. The Morgan fingerprint density at radius 2 is 1.71 bits per heavy atom. The molecule has 0 radical (unpaired) electrons. The minimum Gasteiger partial charge on any atom is -0.508 e. The van der Waals surface area contributed by atoms with Gasteiger partial charge in [-0.3, -0.25) is 9.59 Å². The van der Waals surface area contributed by atoms with Crippen molar-refractivity contribution < 1.29 is 19.8 Å². The molecule has 0 aliphatic rings. The van der Waals surface area contributed by atoms with E-state index in [-0.39, 0.29) is 24.6 Å². The molecule has 0 atom stereocenters. The highest BCUT2D eigenvalue weighted by molar-refractivity contribution is 6.06. The van der Waals surface area contributed by atoms with Crippen LogP contribution in [0.5, 0.6) is 5.75 Å². The third-order valence-electron chi connectivity index (χ3n) is 2.96. The van der Waals surface area contributed by atoms with Gasteiger partial charge >= 0.3 is 5.97 Å². The van der Waals surface area contributed by atoms with E-state index >= 15 is 0 Å². The van der Waals surface area contributed by atoms with Crippen molar-refractivity contribution in [2.24, 2.45) is 0 Å². The van der Waals surface area contributed by atoms with Crippen molar-refractivity contribution in [1.29, 1.82) is 0 Å². The Morgan fingerprint density at radius 3 is 2.33 bits per heavy atom. The number of aromatic hydroxyl groups is 1. The summed E-state index contributed by atoms with van der Waals surface area (Å²) in [6.07, 6.45) is -0.153. The Balaban J connectivity index is 2.30. The van der Waals surface area contributed by atoms with Crippen LogP contribution >= 0.6 is 0 Å². The van der Waals surface area contributed by atoms with Gasteiger partial charge in [0.15, 0.2) is 0 Å². The molecule has 5 heteroatoms. The zero-order chi connectivity index (χ0) is 15.2. The molecule has 0 bridgehead atoms. The molecule has 2 aromatic carbocycles. The van der Waals surface area contributed by atoms with Crippen LogP contribution in [-0.4, -0.2) is 28.6 Å². The average Bonchev–Trinajstić information content (AvgIpc) is 2.48. The number of aliphatic carboxylic acids is 1. The number of hydrogen-bond donors (Lipinski definition) is 2. The summed E-state index contributed by atoms with van der Waals surface area (Å²) in [4.78, 5) is 24.7. The molecule has 21 heavy (non-hydrogen) atoms. The zero-order valence-corrected chi connectivity index (χ0v) is 11.3. The molecule has 0 heterocycles. The third-order valence-corrected chi connectivity index (χ3v) is 2.96. The van der Waals surface area contributed by atoms with E-state index in [1.165, 1.54) is 17.0 Å². The maximum Gasteiger partial charge on any atom is 0.305 e. The maximum absolute atomic E-state index is 12.5. The van der Waals surface area contributed by atoms with Crippen molar-refractivity contribution in [2.45, 2.75) is 6.42 Å². The Morgan fingerprint density at radius 1 is 1.00 bits per heavy atom. The fourth-order valence-corrected chi connectivity index (χ4v) is 1.96. The van der Waals surface area contributed by atoms with Gasteiger partial charge in [0.2, 0.25) is 0 Å². The normalized spacial score (nSPS) is 10.1. The number of carbonyl (C=O) groups is 2. The number of para-hydroxylation sites is 1. The van der Waals surface area contributed by atoms with Crippen molar-refractivity contribution in [3.05, 3.63) is 60.2 Å². The Kier molecular flexibility index (Phi) is 4.56. The van der Waals surface area contributed by atoms with E-state index in [1.807, 2.05) is 6.07 Å². The molecule has 5 nitrogen and oxygen atoms in total. The molecule has 2 rings (SSSR count). The molecule has 108 valence electrons. The number of phenols is 1. The number of amides is 1. The van der Waals surface area contributed by atoms with Crippen molar-refractivity contribution in [3.63, 3.8) is 0 Å². The molecule has 0 spiro atoms. The number of nitrogens with zero attached hydrogens (tertiary/aromatic N) is 1. The molecule has 0 aliphatic heterocycles. The van der Waals surface area contributed by atoms with Crippen LogP contribution in [-0.2, 0) is 4.79 Å². The highest BCUT2D eigenvalue weighted by atomic mass is 16.4. The van der Waals surface area contributed by atoms with Crippen LogP contribution in [0.2, 0.25) is 0 Å². The molecule has 0 fully saturated rings. The molecular weight excluding hydrogens is 270 g/mol. The molecule has 0 unspecified atom stereocenters. The summed E-state index contributed by atoms with van der Waals surface area (Å²) >= 11 is 0. The highest BCUT2D eigenvalue weighted by Gasteiger charge is 2.18. The molecule has 2 N–H and O–H groups in total. The predicted molar refractivity (Wildman–Crippen MR) is 78.5 cm³/mol. The van der Waals surface area contributed by atoms with Crippen molar-refractivity contribution >= 4 is 17.6 Å². The number of hydrogen-bond acceptors (Lipinski definition) is 3. The van der Waals surface area contributed by atoms with Crippen LogP contribution < -0.4 is 4.90 Å². The number of rotatable bonds is 5. The van der Waals surface area contributed by atoms with E-state index in [0.717, 1.165) is 0 Å². The summed E-state index contributed by atoms with van der Waals surface area (Å²) in [5.74, 6) is -1.33. The third kappa shape index (κ3) is 3.82. The zero-order valence-electron chi connectivity index (χ0n) is 11.3. The number of benzene rings is 2. The lowest BCUT2D eigenvalue weighted by Gasteiger charge is -2.22. The van der Waals surface area contributed by atoms with E-state index in [2.05, 4.69) is 0 Å². The second kappa shape index (κ2) is 6.56. The SMILES string of the molecule is O=C(O)CCN(C(=O)c1cccc(O)c1)c1ccccc1. The van der Waals surface area contributed by atoms with Crippen molar-refractivity contribution in [1.82, 2.24) is 0 Å². The molecular formula is C16H15NO4. The second-order valence-corrected chi connectivity index (χ2v) is 4.49. The first-order valence-corrected chi connectivity index (χ1v) is 6.45. The number of carboxylic acids is 1. The minimum atomic E-state index is -0.973. The molecule has 0 saturated carbocycles. The lowest BCUT2D eigenvalue weighted by atomic mass is 10.1. The van der Waals surface area contributed by atoms with Gasteiger partial charge in [-0.15, -0.1) is 0 Å². The molecule has 0 saturated heterocycles. The summed E-state index contributed by atoms with van der Waals surface area (Å²) < 4.78 is 0. The summed E-state index contributed by atoms with van der Waals surface area (Å²) in [5.41, 5.74) is 0.927. The fourth-order valence-electron chi connectivity index (χ4n) is 1.96. The topological polar surface area (TPSA) is 77.8 Å². The predicted octanol–water partition coefficient (Wildman–Crippen LogP) is 2.51. The van der Waals surface area contributed by atoms with Gasteiger partial charge in [0.25, 0.3) is 5.91 Å². The number of carboxylic acid groups (broad SMARTS) is 1. The van der Waals surface area contributed by atoms with Crippen LogP contribution in [0, 0.1) is 0 Å². The van der Waals surface area contributed by atoms with Gasteiger partial charge in [0.1, 0.15) is 5.75 Å². The largest absolute Gasteiger partial charge is 0.508 e. The van der Waals surface area contributed by atoms with Gasteiger partial charge in [-0.1, -0.05) is 24.3 Å². The van der Waals surface area contributed by atoms with E-state index in [9.17, 15) is 14.7 Å². The monoisotopic (exact) mass is 285 g/mol. The number of phenolic OH excluding ortho intramolecular Hbond substituents is 1. The maximum atomic E-state index is 12.5. The van der Waals surface area contributed by atoms with E-state index in [4.69, 9.17) is 5.11 Å². The van der Waals surface area contributed by atoms with E-state index < -0.39 is 5.97 Å². The van der Waals surface area contributed by atoms with Crippen LogP contribution in [0.1, 0.15) is 16.8 Å². The lowest BCUT2D eigenvalue weighted by molar-refractivity contribution is -0.136. The van der Waals surface area contributed by atoms with Crippen LogP contribution in [0.3, 0.4) is 0 Å². The summed E-state index contributed by atoms with van der Waals surface area (Å²) in [6.45, 7) is 0.0633. The molecule has 1 amide bonds. The van der Waals surface area contributed by atoms with Crippen molar-refractivity contribution in [2.75, 3.05) is 11.4 Å². The van der Waals surface area contributed by atoms with Crippen LogP contribution in [0.25, 0.3) is 0 Å². The number of anilines is 1. The van der Waals surface area contributed by atoms with Crippen LogP contribution in [0.4, 0.5) is 5.69 Å². The highest BCUT2D eigenvalue weighted by Crippen LogP contribution is 2.19. The van der Waals surface area contributed by atoms with Gasteiger partial charge in [-0.25, -0.2) is 0 Å². The van der Waals surface area contributed by atoms with E-state index in [0.29, 0.717) is 11.3 Å².